The molecule has 0 aliphatic carbocycles. The van der Waals surface area contributed by atoms with Gasteiger partial charge in [-0.2, -0.15) is 0 Å². The fraction of sp³-hybridized carbons (Fsp3) is 0.538. The van der Waals surface area contributed by atoms with Crippen LogP contribution in [0.15, 0.2) is 24.3 Å². The molecule has 1 saturated heterocycles. The molecule has 0 radical (unpaired) electrons. The summed E-state index contributed by atoms with van der Waals surface area (Å²) in [5.74, 6) is 0.940. The van der Waals surface area contributed by atoms with Crippen molar-refractivity contribution in [2.45, 2.75) is 31.7 Å². The van der Waals surface area contributed by atoms with Gasteiger partial charge in [0, 0.05) is 6.04 Å². The zero-order valence-electron chi connectivity index (χ0n) is 9.33. The average Bonchev–Trinajstić information content (AvgIpc) is 2.31. The highest BCUT2D eigenvalue weighted by Gasteiger charge is 2.12. The van der Waals surface area contributed by atoms with Crippen LogP contribution in [-0.4, -0.2) is 19.7 Å². The van der Waals surface area contributed by atoms with E-state index in [4.69, 9.17) is 4.74 Å². The SMILES string of the molecule is COc1ccc(C[C@@H]2CCCCN2)cc1. The molecular formula is C13H19NO. The van der Waals surface area contributed by atoms with Crippen LogP contribution in [0.25, 0.3) is 0 Å². The van der Waals surface area contributed by atoms with Gasteiger partial charge in [0.25, 0.3) is 0 Å². The number of hydrogen-bond donors (Lipinski definition) is 1. The van der Waals surface area contributed by atoms with Crippen molar-refractivity contribution in [3.8, 4) is 5.75 Å². The standard InChI is InChI=1S/C13H19NO/c1-15-13-7-5-11(6-8-13)10-12-4-2-3-9-14-12/h5-8,12,14H,2-4,9-10H2,1H3/t12-/m0/s1. The first-order valence-electron chi connectivity index (χ1n) is 5.75. The monoisotopic (exact) mass is 205 g/mol. The molecular weight excluding hydrogens is 186 g/mol. The van der Waals surface area contributed by atoms with Crippen LogP contribution >= 0.6 is 0 Å². The number of ether oxygens (including phenoxy) is 1. The predicted octanol–water partition coefficient (Wildman–Crippen LogP) is 2.38. The Labute approximate surface area is 91.6 Å². The number of hydrogen-bond acceptors (Lipinski definition) is 2. The van der Waals surface area contributed by atoms with Gasteiger partial charge in [-0.25, -0.2) is 0 Å². The minimum atomic E-state index is 0.673. The summed E-state index contributed by atoms with van der Waals surface area (Å²) in [5, 5.41) is 3.56. The second-order valence-electron chi connectivity index (χ2n) is 4.20. The van der Waals surface area contributed by atoms with Gasteiger partial charge in [-0.1, -0.05) is 18.6 Å². The number of piperidine rings is 1. The molecule has 0 spiro atoms. The van der Waals surface area contributed by atoms with Crippen LogP contribution in [0.3, 0.4) is 0 Å². The Kier molecular flexibility index (Phi) is 3.62. The number of benzene rings is 1. The Morgan fingerprint density at radius 1 is 1.27 bits per heavy atom. The van der Waals surface area contributed by atoms with Crippen LogP contribution in [0.2, 0.25) is 0 Å². The van der Waals surface area contributed by atoms with E-state index in [1.165, 1.54) is 31.4 Å². The summed E-state index contributed by atoms with van der Waals surface area (Å²) in [7, 11) is 1.71. The van der Waals surface area contributed by atoms with Gasteiger partial charge in [0.1, 0.15) is 5.75 Å². The fourth-order valence-electron chi connectivity index (χ4n) is 2.14. The van der Waals surface area contributed by atoms with Crippen molar-refractivity contribution >= 4 is 0 Å². The highest BCUT2D eigenvalue weighted by molar-refractivity contribution is 5.27. The van der Waals surface area contributed by atoms with Crippen LogP contribution in [0, 0.1) is 0 Å². The molecule has 1 fully saturated rings. The van der Waals surface area contributed by atoms with E-state index in [2.05, 4.69) is 17.4 Å². The Bertz CT molecular complexity index is 288. The van der Waals surface area contributed by atoms with Crippen LogP contribution in [-0.2, 0) is 6.42 Å². The molecule has 1 aliphatic rings. The van der Waals surface area contributed by atoms with E-state index < -0.39 is 0 Å². The summed E-state index contributed by atoms with van der Waals surface area (Å²) in [4.78, 5) is 0. The summed E-state index contributed by atoms with van der Waals surface area (Å²) in [6.45, 7) is 1.18. The third kappa shape index (κ3) is 2.96. The fourth-order valence-corrected chi connectivity index (χ4v) is 2.14. The van der Waals surface area contributed by atoms with Gasteiger partial charge in [-0.3, -0.25) is 0 Å². The molecule has 2 nitrogen and oxygen atoms in total. The lowest BCUT2D eigenvalue weighted by molar-refractivity contribution is 0.398. The molecule has 82 valence electrons. The highest BCUT2D eigenvalue weighted by atomic mass is 16.5. The van der Waals surface area contributed by atoms with Crippen molar-refractivity contribution in [1.29, 1.82) is 0 Å². The van der Waals surface area contributed by atoms with Crippen molar-refractivity contribution in [3.05, 3.63) is 29.8 Å². The summed E-state index contributed by atoms with van der Waals surface area (Å²) in [5.41, 5.74) is 1.40. The van der Waals surface area contributed by atoms with E-state index in [0.29, 0.717) is 6.04 Å². The molecule has 1 aromatic rings. The summed E-state index contributed by atoms with van der Waals surface area (Å²) in [6, 6.07) is 9.08. The van der Waals surface area contributed by atoms with Gasteiger partial charge in [0.15, 0.2) is 0 Å². The molecule has 2 rings (SSSR count). The van der Waals surface area contributed by atoms with Crippen molar-refractivity contribution in [1.82, 2.24) is 5.32 Å². The smallest absolute Gasteiger partial charge is 0.118 e. The molecule has 0 unspecified atom stereocenters. The molecule has 0 aromatic heterocycles. The second kappa shape index (κ2) is 5.17. The maximum Gasteiger partial charge on any atom is 0.118 e. The minimum absolute atomic E-state index is 0.673. The number of rotatable bonds is 3. The van der Waals surface area contributed by atoms with Gasteiger partial charge in [-0.05, 0) is 43.5 Å². The first kappa shape index (κ1) is 10.5. The quantitative estimate of drug-likeness (QED) is 0.818. The maximum atomic E-state index is 5.14. The van der Waals surface area contributed by atoms with Gasteiger partial charge in [-0.15, -0.1) is 0 Å². The lowest BCUT2D eigenvalue weighted by Crippen LogP contribution is -2.35. The summed E-state index contributed by atoms with van der Waals surface area (Å²) >= 11 is 0. The average molecular weight is 205 g/mol. The molecule has 15 heavy (non-hydrogen) atoms. The van der Waals surface area contributed by atoms with Crippen molar-refractivity contribution in [2.24, 2.45) is 0 Å². The Morgan fingerprint density at radius 2 is 2.07 bits per heavy atom. The Hall–Kier alpha value is -1.02. The summed E-state index contributed by atoms with van der Waals surface area (Å²) in [6.07, 6.45) is 5.16. The molecule has 2 heteroatoms. The third-order valence-corrected chi connectivity index (χ3v) is 3.05. The van der Waals surface area contributed by atoms with Crippen molar-refractivity contribution in [3.63, 3.8) is 0 Å². The molecule has 1 atom stereocenters. The molecule has 1 aromatic carbocycles. The first-order valence-corrected chi connectivity index (χ1v) is 5.75. The molecule has 1 aliphatic heterocycles. The van der Waals surface area contributed by atoms with E-state index in [1.54, 1.807) is 7.11 Å². The lowest BCUT2D eigenvalue weighted by atomic mass is 9.98. The molecule has 1 heterocycles. The van der Waals surface area contributed by atoms with Crippen LogP contribution in [0.5, 0.6) is 5.75 Å². The third-order valence-electron chi connectivity index (χ3n) is 3.05. The minimum Gasteiger partial charge on any atom is -0.497 e. The van der Waals surface area contributed by atoms with E-state index in [0.717, 1.165) is 12.2 Å². The lowest BCUT2D eigenvalue weighted by Gasteiger charge is -2.23. The second-order valence-corrected chi connectivity index (χ2v) is 4.20. The van der Waals surface area contributed by atoms with Crippen LogP contribution < -0.4 is 10.1 Å². The largest absolute Gasteiger partial charge is 0.497 e. The zero-order valence-corrected chi connectivity index (χ0v) is 9.33. The molecule has 1 N–H and O–H groups in total. The molecule has 0 saturated carbocycles. The maximum absolute atomic E-state index is 5.14. The van der Waals surface area contributed by atoms with Crippen LogP contribution in [0.1, 0.15) is 24.8 Å². The van der Waals surface area contributed by atoms with Gasteiger partial charge >= 0.3 is 0 Å². The highest BCUT2D eigenvalue weighted by Crippen LogP contribution is 2.16. The van der Waals surface area contributed by atoms with E-state index >= 15 is 0 Å². The first-order chi connectivity index (χ1) is 7.38. The Balaban J connectivity index is 1.91. The molecule has 0 amide bonds. The van der Waals surface area contributed by atoms with E-state index in [-0.39, 0.29) is 0 Å². The topological polar surface area (TPSA) is 21.3 Å². The Morgan fingerprint density at radius 3 is 2.67 bits per heavy atom. The van der Waals surface area contributed by atoms with Crippen molar-refractivity contribution in [2.75, 3.05) is 13.7 Å². The van der Waals surface area contributed by atoms with E-state index in [9.17, 15) is 0 Å². The van der Waals surface area contributed by atoms with Gasteiger partial charge in [0.2, 0.25) is 0 Å². The van der Waals surface area contributed by atoms with Crippen LogP contribution in [0.4, 0.5) is 0 Å². The van der Waals surface area contributed by atoms with E-state index in [1.807, 2.05) is 12.1 Å². The normalized spacial score (nSPS) is 21.3. The zero-order chi connectivity index (χ0) is 10.5. The predicted molar refractivity (Wildman–Crippen MR) is 62.3 cm³/mol. The summed E-state index contributed by atoms with van der Waals surface area (Å²) < 4.78 is 5.14. The van der Waals surface area contributed by atoms with Gasteiger partial charge < -0.3 is 10.1 Å². The number of nitrogens with one attached hydrogen (secondary N) is 1. The van der Waals surface area contributed by atoms with Crippen molar-refractivity contribution < 1.29 is 4.74 Å². The van der Waals surface area contributed by atoms with Gasteiger partial charge in [0.05, 0.1) is 7.11 Å². The molecule has 0 bridgehead atoms. The number of methoxy groups -OCH3 is 1.